The van der Waals surface area contributed by atoms with Crippen molar-refractivity contribution in [3.63, 3.8) is 0 Å². The summed E-state index contributed by atoms with van der Waals surface area (Å²) in [6.45, 7) is 2.88. The molecule has 2 aromatic rings. The lowest BCUT2D eigenvalue weighted by Gasteiger charge is -2.42. The first-order valence-corrected chi connectivity index (χ1v) is 13.5. The van der Waals surface area contributed by atoms with Crippen LogP contribution in [0.3, 0.4) is 0 Å². The van der Waals surface area contributed by atoms with Crippen LogP contribution in [0.2, 0.25) is 0 Å². The number of ketones is 2. The second-order valence-electron chi connectivity index (χ2n) is 9.30. The van der Waals surface area contributed by atoms with Gasteiger partial charge in [-0.1, -0.05) is 30.3 Å². The van der Waals surface area contributed by atoms with Gasteiger partial charge in [-0.05, 0) is 78.5 Å². The number of hydrogen-bond acceptors (Lipinski definition) is 5. The van der Waals surface area contributed by atoms with Crippen LogP contribution in [0.5, 0.6) is 11.5 Å². The Kier molecular flexibility index (Phi) is 7.00. The minimum atomic E-state index is -0.340. The first-order chi connectivity index (χ1) is 17.0. The first kappa shape index (κ1) is 24.1. The van der Waals surface area contributed by atoms with Crippen molar-refractivity contribution in [2.45, 2.75) is 58.0 Å². The average Bonchev–Trinajstić information content (AvgIpc) is 2.85. The highest BCUT2D eigenvalue weighted by atomic mass is 127. The second kappa shape index (κ2) is 10.2. The SMILES string of the molecule is CCOc1cc(C2C3=C(CCCC3=O)N(C)C3=C2C(=O)CCC3)cc(I)c1OCc1ccccc1. The predicted molar refractivity (Wildman–Crippen MR) is 143 cm³/mol. The third-order valence-electron chi connectivity index (χ3n) is 7.14. The highest BCUT2D eigenvalue weighted by Gasteiger charge is 2.42. The first-order valence-electron chi connectivity index (χ1n) is 12.4. The number of hydrogen-bond donors (Lipinski definition) is 0. The summed E-state index contributed by atoms with van der Waals surface area (Å²) in [5, 5.41) is 0. The molecule has 3 aliphatic rings. The summed E-state index contributed by atoms with van der Waals surface area (Å²) in [5.41, 5.74) is 5.76. The third-order valence-corrected chi connectivity index (χ3v) is 7.94. The highest BCUT2D eigenvalue weighted by molar-refractivity contribution is 14.1. The summed E-state index contributed by atoms with van der Waals surface area (Å²) in [5.74, 6) is 1.32. The zero-order chi connectivity index (χ0) is 24.5. The predicted octanol–water partition coefficient (Wildman–Crippen LogP) is 6.31. The van der Waals surface area contributed by atoms with E-state index in [0.717, 1.165) is 62.9 Å². The van der Waals surface area contributed by atoms with Gasteiger partial charge in [0.05, 0.1) is 10.2 Å². The van der Waals surface area contributed by atoms with Gasteiger partial charge in [0, 0.05) is 48.3 Å². The molecule has 0 aromatic heterocycles. The van der Waals surface area contributed by atoms with Crippen molar-refractivity contribution in [1.29, 1.82) is 0 Å². The molecule has 5 rings (SSSR count). The van der Waals surface area contributed by atoms with Crippen molar-refractivity contribution in [1.82, 2.24) is 4.90 Å². The Balaban J connectivity index is 1.61. The topological polar surface area (TPSA) is 55.8 Å². The summed E-state index contributed by atoms with van der Waals surface area (Å²) in [7, 11) is 2.02. The molecule has 0 saturated carbocycles. The van der Waals surface area contributed by atoms with Crippen LogP contribution in [0.4, 0.5) is 0 Å². The van der Waals surface area contributed by atoms with Gasteiger partial charge in [-0.15, -0.1) is 0 Å². The number of rotatable bonds is 6. The summed E-state index contributed by atoms with van der Waals surface area (Å²) < 4.78 is 13.2. The van der Waals surface area contributed by atoms with E-state index >= 15 is 0 Å². The monoisotopic (exact) mass is 583 g/mol. The van der Waals surface area contributed by atoms with E-state index in [9.17, 15) is 9.59 Å². The largest absolute Gasteiger partial charge is 0.490 e. The number of ether oxygens (including phenoxy) is 2. The van der Waals surface area contributed by atoms with Gasteiger partial charge < -0.3 is 14.4 Å². The van der Waals surface area contributed by atoms with E-state index in [1.165, 1.54) is 0 Å². The summed E-state index contributed by atoms with van der Waals surface area (Å²) >= 11 is 2.28. The fraction of sp³-hybridized carbons (Fsp3) is 0.379. The van der Waals surface area contributed by atoms with Crippen LogP contribution in [0.1, 0.15) is 62.5 Å². The number of nitrogens with zero attached hydrogens (tertiary/aromatic N) is 1. The van der Waals surface area contributed by atoms with Gasteiger partial charge in [-0.3, -0.25) is 9.59 Å². The maximum Gasteiger partial charge on any atom is 0.174 e. The molecule has 0 unspecified atom stereocenters. The van der Waals surface area contributed by atoms with Gasteiger partial charge in [0.2, 0.25) is 0 Å². The molecule has 2 aromatic carbocycles. The molecular formula is C29H30INO4. The molecule has 5 nitrogen and oxygen atoms in total. The zero-order valence-corrected chi connectivity index (χ0v) is 22.4. The third kappa shape index (κ3) is 4.53. The van der Waals surface area contributed by atoms with Crippen LogP contribution in [0.25, 0.3) is 0 Å². The fourth-order valence-electron chi connectivity index (χ4n) is 5.57. The highest BCUT2D eigenvalue weighted by Crippen LogP contribution is 2.50. The lowest BCUT2D eigenvalue weighted by molar-refractivity contribution is -0.117. The molecule has 6 heteroatoms. The molecule has 1 aliphatic heterocycles. The van der Waals surface area contributed by atoms with Crippen LogP contribution >= 0.6 is 22.6 Å². The van der Waals surface area contributed by atoms with Crippen molar-refractivity contribution < 1.29 is 19.1 Å². The van der Waals surface area contributed by atoms with E-state index in [1.54, 1.807) is 0 Å². The van der Waals surface area contributed by atoms with Gasteiger partial charge in [-0.2, -0.15) is 0 Å². The number of carbonyl (C=O) groups excluding carboxylic acids is 2. The molecule has 182 valence electrons. The van der Waals surface area contributed by atoms with Crippen LogP contribution in [0.15, 0.2) is 65.0 Å². The van der Waals surface area contributed by atoms with Crippen LogP contribution < -0.4 is 9.47 Å². The van der Waals surface area contributed by atoms with E-state index in [2.05, 4.69) is 33.6 Å². The van der Waals surface area contributed by atoms with Crippen molar-refractivity contribution in [2.75, 3.05) is 13.7 Å². The molecule has 0 saturated heterocycles. The number of Topliss-reactive ketones (excluding diaryl/α,β-unsaturated/α-hetero) is 2. The van der Waals surface area contributed by atoms with Gasteiger partial charge in [0.1, 0.15) is 6.61 Å². The molecule has 0 bridgehead atoms. The molecule has 0 N–H and O–H groups in total. The average molecular weight is 583 g/mol. The normalized spacial score (nSPS) is 18.5. The maximum absolute atomic E-state index is 13.3. The molecule has 2 aliphatic carbocycles. The van der Waals surface area contributed by atoms with Crippen molar-refractivity contribution in [3.8, 4) is 11.5 Å². The van der Waals surface area contributed by atoms with Crippen molar-refractivity contribution >= 4 is 34.2 Å². The van der Waals surface area contributed by atoms with Gasteiger partial charge in [-0.25, -0.2) is 0 Å². The molecule has 35 heavy (non-hydrogen) atoms. The van der Waals surface area contributed by atoms with Gasteiger partial charge >= 0.3 is 0 Å². The van der Waals surface area contributed by atoms with Crippen molar-refractivity contribution in [2.24, 2.45) is 0 Å². The zero-order valence-electron chi connectivity index (χ0n) is 20.2. The maximum atomic E-state index is 13.3. The molecule has 0 spiro atoms. The number of allylic oxidation sites excluding steroid dienone is 4. The number of benzene rings is 2. The standard InChI is InChI=1S/C29H30INO4/c1-3-34-25-16-19(15-20(30)29(25)35-17-18-9-5-4-6-10-18)26-27-21(11-7-13-23(27)32)31(2)22-12-8-14-24(33)28(22)26/h4-6,9-10,15-16,26H,3,7-8,11-14,17H2,1-2H3. The number of carbonyl (C=O) groups is 2. The summed E-state index contributed by atoms with van der Waals surface area (Å²) in [4.78, 5) is 28.7. The summed E-state index contributed by atoms with van der Waals surface area (Å²) in [6, 6.07) is 14.1. The Hall–Kier alpha value is -2.61. The lowest BCUT2D eigenvalue weighted by Crippen LogP contribution is -2.37. The molecule has 0 atom stereocenters. The fourth-order valence-corrected chi connectivity index (χ4v) is 6.35. The quantitative estimate of drug-likeness (QED) is 0.373. The number of halogens is 1. The lowest BCUT2D eigenvalue weighted by atomic mass is 9.71. The van der Waals surface area contributed by atoms with Gasteiger partial charge in [0.15, 0.2) is 23.1 Å². The minimum Gasteiger partial charge on any atom is -0.490 e. The molecule has 0 fully saturated rings. The van der Waals surface area contributed by atoms with Crippen LogP contribution in [-0.2, 0) is 16.2 Å². The minimum absolute atomic E-state index is 0.158. The second-order valence-corrected chi connectivity index (χ2v) is 10.5. The van der Waals surface area contributed by atoms with Crippen LogP contribution in [-0.4, -0.2) is 30.1 Å². The molecule has 0 amide bonds. The molecular weight excluding hydrogens is 553 g/mol. The van der Waals surface area contributed by atoms with E-state index in [4.69, 9.17) is 9.47 Å². The van der Waals surface area contributed by atoms with Crippen LogP contribution in [0, 0.1) is 3.57 Å². The van der Waals surface area contributed by atoms with E-state index in [0.29, 0.717) is 37.6 Å². The van der Waals surface area contributed by atoms with Gasteiger partial charge in [0.25, 0.3) is 0 Å². The molecule has 0 radical (unpaired) electrons. The Morgan fingerprint density at radius 3 is 2.14 bits per heavy atom. The Bertz CT molecular complexity index is 1190. The molecule has 1 heterocycles. The van der Waals surface area contributed by atoms with E-state index < -0.39 is 0 Å². The summed E-state index contributed by atoms with van der Waals surface area (Å²) in [6.07, 6.45) is 4.53. The van der Waals surface area contributed by atoms with E-state index in [1.807, 2.05) is 50.4 Å². The Labute approximate surface area is 220 Å². The Morgan fingerprint density at radius 1 is 0.914 bits per heavy atom. The smallest absolute Gasteiger partial charge is 0.174 e. The Morgan fingerprint density at radius 2 is 1.54 bits per heavy atom. The van der Waals surface area contributed by atoms with E-state index in [-0.39, 0.29) is 17.5 Å². The van der Waals surface area contributed by atoms with Crippen molar-refractivity contribution in [3.05, 3.63) is 79.7 Å².